The molecule has 1 atom stereocenters. The van der Waals surface area contributed by atoms with Crippen LogP contribution < -0.4 is 0 Å². The number of thioether (sulfide) groups is 1. The monoisotopic (exact) mass is 402 g/mol. The van der Waals surface area contributed by atoms with Crippen LogP contribution in [-0.4, -0.2) is 54.9 Å². The van der Waals surface area contributed by atoms with Gasteiger partial charge in [0.25, 0.3) is 0 Å². The molecular weight excluding hydrogens is 350 g/mol. The second kappa shape index (κ2) is 19.6. The number of hydrogen-bond acceptors (Lipinski definition) is 2. The molecule has 27 heavy (non-hydrogen) atoms. The van der Waals surface area contributed by atoms with Crippen molar-refractivity contribution in [2.45, 2.75) is 116 Å². The maximum absolute atomic E-state index is 9.98. The molecule has 1 unspecified atom stereocenters. The van der Waals surface area contributed by atoms with Gasteiger partial charge in [-0.05, 0) is 12.2 Å². The van der Waals surface area contributed by atoms with Crippen LogP contribution in [0.1, 0.15) is 110 Å². The molecule has 0 saturated heterocycles. The molecule has 0 bridgehead atoms. The molecule has 2 nitrogen and oxygen atoms in total. The van der Waals surface area contributed by atoms with E-state index in [9.17, 15) is 5.11 Å². The standard InChI is InChI=1S/C24H52NOS/c1-5-6-7-8-9-10-11-12-13-14-15-16-17-18-19-20-21-27-23-24(26)22-25(2,3)4/h24,26H,5-23H2,1-4H3/q+1. The molecule has 0 aliphatic rings. The molecule has 0 aliphatic heterocycles. The van der Waals surface area contributed by atoms with Gasteiger partial charge < -0.3 is 9.59 Å². The Labute approximate surface area is 176 Å². The summed E-state index contributed by atoms with van der Waals surface area (Å²) in [5.41, 5.74) is 0. The number of rotatable bonds is 21. The molecular formula is C24H52NOS+. The normalized spacial score (nSPS) is 13.2. The van der Waals surface area contributed by atoms with E-state index < -0.39 is 0 Å². The molecule has 0 rings (SSSR count). The average Bonchev–Trinajstić information content (AvgIpc) is 2.59. The molecule has 0 heterocycles. The van der Waals surface area contributed by atoms with Crippen LogP contribution in [0.15, 0.2) is 0 Å². The van der Waals surface area contributed by atoms with Crippen LogP contribution in [0.5, 0.6) is 0 Å². The van der Waals surface area contributed by atoms with E-state index in [4.69, 9.17) is 0 Å². The lowest BCUT2D eigenvalue weighted by Gasteiger charge is -2.26. The summed E-state index contributed by atoms with van der Waals surface area (Å²) < 4.78 is 0.848. The van der Waals surface area contributed by atoms with Gasteiger partial charge >= 0.3 is 0 Å². The van der Waals surface area contributed by atoms with Crippen molar-refractivity contribution in [2.24, 2.45) is 0 Å². The fourth-order valence-corrected chi connectivity index (χ4v) is 4.61. The topological polar surface area (TPSA) is 20.2 Å². The van der Waals surface area contributed by atoms with E-state index in [2.05, 4.69) is 28.1 Å². The van der Waals surface area contributed by atoms with E-state index in [0.29, 0.717) is 0 Å². The van der Waals surface area contributed by atoms with Crippen LogP contribution in [0.25, 0.3) is 0 Å². The van der Waals surface area contributed by atoms with Crippen molar-refractivity contribution in [2.75, 3.05) is 39.2 Å². The maximum Gasteiger partial charge on any atom is 0.112 e. The summed E-state index contributed by atoms with van der Waals surface area (Å²) in [5.74, 6) is 2.11. The lowest BCUT2D eigenvalue weighted by Crippen LogP contribution is -2.42. The number of likely N-dealkylation sites (N-methyl/N-ethyl adjacent to an activating group) is 1. The molecule has 1 N–H and O–H groups in total. The Hall–Kier alpha value is 0.270. The summed E-state index contributed by atoms with van der Waals surface area (Å²) in [7, 11) is 6.43. The first-order valence-electron chi connectivity index (χ1n) is 12.0. The molecule has 3 heteroatoms. The number of aliphatic hydroxyl groups excluding tert-OH is 1. The first-order valence-corrected chi connectivity index (χ1v) is 13.2. The minimum Gasteiger partial charge on any atom is -0.386 e. The van der Waals surface area contributed by atoms with Crippen LogP contribution in [0, 0.1) is 0 Å². The van der Waals surface area contributed by atoms with Gasteiger partial charge in [0.2, 0.25) is 0 Å². The molecule has 0 aromatic carbocycles. The van der Waals surface area contributed by atoms with Gasteiger partial charge in [-0.1, -0.05) is 103 Å². The molecule has 0 amide bonds. The predicted molar refractivity (Wildman–Crippen MR) is 126 cm³/mol. The highest BCUT2D eigenvalue weighted by molar-refractivity contribution is 7.99. The summed E-state index contributed by atoms with van der Waals surface area (Å²) in [5, 5.41) is 9.98. The fourth-order valence-electron chi connectivity index (χ4n) is 3.66. The Morgan fingerprint density at radius 2 is 1.00 bits per heavy atom. The summed E-state index contributed by atoms with van der Waals surface area (Å²) in [6, 6.07) is 0. The molecule has 164 valence electrons. The maximum atomic E-state index is 9.98. The van der Waals surface area contributed by atoms with E-state index in [1.54, 1.807) is 0 Å². The molecule has 0 spiro atoms. The number of nitrogens with zero attached hydrogens (tertiary/aromatic N) is 1. The van der Waals surface area contributed by atoms with Crippen molar-refractivity contribution in [1.29, 1.82) is 0 Å². The number of hydrogen-bond donors (Lipinski definition) is 1. The Morgan fingerprint density at radius 3 is 1.37 bits per heavy atom. The van der Waals surface area contributed by atoms with Gasteiger partial charge in [0.15, 0.2) is 0 Å². The van der Waals surface area contributed by atoms with E-state index >= 15 is 0 Å². The smallest absolute Gasteiger partial charge is 0.112 e. The minimum absolute atomic E-state index is 0.156. The second-order valence-electron chi connectivity index (χ2n) is 9.50. The third-order valence-electron chi connectivity index (χ3n) is 5.21. The lowest BCUT2D eigenvalue weighted by molar-refractivity contribution is -0.873. The fraction of sp³-hybridized carbons (Fsp3) is 1.00. The van der Waals surface area contributed by atoms with Crippen molar-refractivity contribution < 1.29 is 9.59 Å². The zero-order valence-corrected chi connectivity index (χ0v) is 20.1. The molecule has 0 saturated carbocycles. The quantitative estimate of drug-likeness (QED) is 0.164. The summed E-state index contributed by atoms with van der Waals surface area (Å²) in [6.07, 6.45) is 22.7. The third-order valence-corrected chi connectivity index (χ3v) is 6.41. The second-order valence-corrected chi connectivity index (χ2v) is 10.7. The Kier molecular flexibility index (Phi) is 19.8. The highest BCUT2D eigenvalue weighted by Gasteiger charge is 2.14. The van der Waals surface area contributed by atoms with E-state index in [1.807, 2.05) is 11.8 Å². The zero-order valence-electron chi connectivity index (χ0n) is 19.3. The van der Waals surface area contributed by atoms with Crippen LogP contribution in [0.3, 0.4) is 0 Å². The first kappa shape index (κ1) is 27.3. The predicted octanol–water partition coefficient (Wildman–Crippen LogP) is 7.05. The van der Waals surface area contributed by atoms with Gasteiger partial charge in [-0.25, -0.2) is 0 Å². The van der Waals surface area contributed by atoms with E-state index in [0.717, 1.165) is 16.8 Å². The zero-order chi connectivity index (χ0) is 20.2. The highest BCUT2D eigenvalue weighted by Crippen LogP contribution is 2.15. The summed E-state index contributed by atoms with van der Waals surface area (Å²) >= 11 is 1.93. The van der Waals surface area contributed by atoms with Crippen LogP contribution in [-0.2, 0) is 0 Å². The van der Waals surface area contributed by atoms with Crippen molar-refractivity contribution in [3.63, 3.8) is 0 Å². The summed E-state index contributed by atoms with van der Waals surface area (Å²) in [4.78, 5) is 0. The molecule has 0 radical (unpaired) electrons. The van der Waals surface area contributed by atoms with Crippen LogP contribution >= 0.6 is 11.8 Å². The third kappa shape index (κ3) is 24.2. The minimum atomic E-state index is -0.156. The SMILES string of the molecule is CCCCCCCCCCCCCCCCCCSCC(O)C[N+](C)(C)C. The average molecular weight is 403 g/mol. The van der Waals surface area contributed by atoms with Crippen molar-refractivity contribution >= 4 is 11.8 Å². The molecule has 0 aromatic rings. The molecule has 0 aliphatic carbocycles. The Bertz CT molecular complexity index is 291. The van der Waals surface area contributed by atoms with Gasteiger partial charge in [0.1, 0.15) is 12.6 Å². The molecule has 0 aromatic heterocycles. The van der Waals surface area contributed by atoms with Crippen molar-refractivity contribution in [3.8, 4) is 0 Å². The van der Waals surface area contributed by atoms with Crippen LogP contribution in [0.2, 0.25) is 0 Å². The van der Waals surface area contributed by atoms with Crippen molar-refractivity contribution in [3.05, 3.63) is 0 Å². The highest BCUT2D eigenvalue weighted by atomic mass is 32.2. The van der Waals surface area contributed by atoms with Gasteiger partial charge in [0.05, 0.1) is 21.1 Å². The van der Waals surface area contributed by atoms with Gasteiger partial charge in [0, 0.05) is 5.75 Å². The van der Waals surface area contributed by atoms with E-state index in [1.165, 1.54) is 108 Å². The van der Waals surface area contributed by atoms with Gasteiger partial charge in [-0.15, -0.1) is 0 Å². The molecule has 0 fully saturated rings. The van der Waals surface area contributed by atoms with Gasteiger partial charge in [-0.2, -0.15) is 11.8 Å². The van der Waals surface area contributed by atoms with Gasteiger partial charge in [-0.3, -0.25) is 0 Å². The van der Waals surface area contributed by atoms with E-state index in [-0.39, 0.29) is 6.10 Å². The first-order chi connectivity index (χ1) is 13.0. The summed E-state index contributed by atoms with van der Waals surface area (Å²) in [6.45, 7) is 3.15. The van der Waals surface area contributed by atoms with Crippen LogP contribution in [0.4, 0.5) is 0 Å². The number of quaternary nitrogens is 1. The lowest BCUT2D eigenvalue weighted by atomic mass is 10.0. The Balaban J connectivity index is 3.11. The van der Waals surface area contributed by atoms with Crippen molar-refractivity contribution in [1.82, 2.24) is 0 Å². The Morgan fingerprint density at radius 1 is 0.630 bits per heavy atom. The number of unbranched alkanes of at least 4 members (excludes halogenated alkanes) is 15. The largest absolute Gasteiger partial charge is 0.386 e. The number of aliphatic hydroxyl groups is 1.